The molecule has 6 heteroatoms. The summed E-state index contributed by atoms with van der Waals surface area (Å²) < 4.78 is 59.4. The van der Waals surface area contributed by atoms with Crippen molar-refractivity contribution in [3.05, 3.63) is 29.1 Å². The number of carbonyl (C=O) groups excluding carboxylic acids is 1. The molecule has 0 spiro atoms. The first kappa shape index (κ1) is 26.7. The van der Waals surface area contributed by atoms with Crippen LogP contribution in [0.1, 0.15) is 113 Å². The first-order chi connectivity index (χ1) is 15.3. The Bertz CT molecular complexity index is 707. The Labute approximate surface area is 190 Å². The van der Waals surface area contributed by atoms with Crippen molar-refractivity contribution in [3.8, 4) is 5.75 Å². The summed E-state index contributed by atoms with van der Waals surface area (Å²) >= 11 is 0. The minimum atomic E-state index is -4.95. The Morgan fingerprint density at radius 1 is 0.938 bits per heavy atom. The molecule has 0 N–H and O–H groups in total. The fraction of sp³-hybridized carbons (Fsp3) is 0.731. The third kappa shape index (κ3) is 8.08. The molecule has 2 rings (SSSR count). The van der Waals surface area contributed by atoms with E-state index < -0.39 is 34.7 Å². The van der Waals surface area contributed by atoms with Gasteiger partial charge >= 0.3 is 6.18 Å². The van der Waals surface area contributed by atoms with Crippen molar-refractivity contribution in [2.45, 2.75) is 103 Å². The van der Waals surface area contributed by atoms with Crippen LogP contribution in [-0.2, 0) is 6.18 Å². The lowest BCUT2D eigenvalue weighted by Crippen LogP contribution is -2.16. The standard InChI is InChI=1S/C26H38F4O2/c1-3-10-19-13-15-20(16-14-19)11-8-6-5-7-9-12-22(31)21-17-18-23(32-4-2)25(27)24(21)26(28,29)30/h17-20H,3-16H2,1-2H3. The zero-order valence-electron chi connectivity index (χ0n) is 19.5. The first-order valence-corrected chi connectivity index (χ1v) is 12.3. The molecular formula is C26H38F4O2. The molecular weight excluding hydrogens is 420 g/mol. The number of Topliss-reactive ketones (excluding diaryl/α,β-unsaturated/α-hetero) is 1. The molecule has 1 aliphatic carbocycles. The molecule has 1 saturated carbocycles. The van der Waals surface area contributed by atoms with E-state index in [1.807, 2.05) is 0 Å². The summed E-state index contributed by atoms with van der Waals surface area (Å²) in [5.74, 6) is -0.872. The van der Waals surface area contributed by atoms with Crippen LogP contribution in [0.15, 0.2) is 12.1 Å². The molecule has 1 fully saturated rings. The van der Waals surface area contributed by atoms with Gasteiger partial charge in [0.05, 0.1) is 6.61 Å². The number of benzene rings is 1. The highest BCUT2D eigenvalue weighted by Gasteiger charge is 2.39. The number of ketones is 1. The SMILES string of the molecule is CCCC1CCC(CCCCCCCC(=O)c2ccc(OCC)c(F)c2C(F)(F)F)CC1. The predicted octanol–water partition coefficient (Wildman–Crippen LogP) is 8.76. The Hall–Kier alpha value is -1.59. The van der Waals surface area contributed by atoms with Crippen LogP contribution in [0.3, 0.4) is 0 Å². The van der Waals surface area contributed by atoms with Crippen molar-refractivity contribution in [3.63, 3.8) is 0 Å². The zero-order chi connectivity index (χ0) is 23.6. The lowest BCUT2D eigenvalue weighted by molar-refractivity contribution is -0.140. The molecule has 0 aliphatic heterocycles. The van der Waals surface area contributed by atoms with Crippen molar-refractivity contribution in [1.29, 1.82) is 0 Å². The Morgan fingerprint density at radius 2 is 1.53 bits per heavy atom. The largest absolute Gasteiger partial charge is 0.491 e. The number of halogens is 4. The average molecular weight is 459 g/mol. The highest BCUT2D eigenvalue weighted by Crippen LogP contribution is 2.38. The number of hydrogen-bond donors (Lipinski definition) is 0. The van der Waals surface area contributed by atoms with Crippen LogP contribution in [-0.4, -0.2) is 12.4 Å². The van der Waals surface area contributed by atoms with Crippen LogP contribution in [0.25, 0.3) is 0 Å². The van der Waals surface area contributed by atoms with Gasteiger partial charge in [0, 0.05) is 12.0 Å². The molecule has 1 aromatic rings. The van der Waals surface area contributed by atoms with E-state index in [9.17, 15) is 22.4 Å². The second kappa shape index (κ2) is 13.2. The lowest BCUT2D eigenvalue weighted by atomic mass is 9.78. The molecule has 1 aromatic carbocycles. The minimum absolute atomic E-state index is 0.00204. The molecule has 2 nitrogen and oxygen atoms in total. The summed E-state index contributed by atoms with van der Waals surface area (Å²) in [6.07, 6.45) is 8.95. The molecule has 0 aromatic heterocycles. The highest BCUT2D eigenvalue weighted by molar-refractivity contribution is 5.97. The third-order valence-electron chi connectivity index (χ3n) is 6.67. The van der Waals surface area contributed by atoms with Gasteiger partial charge in [-0.1, -0.05) is 77.6 Å². The Balaban J connectivity index is 1.72. The first-order valence-electron chi connectivity index (χ1n) is 12.3. The van der Waals surface area contributed by atoms with E-state index in [1.54, 1.807) is 6.92 Å². The van der Waals surface area contributed by atoms with Crippen LogP contribution in [0, 0.1) is 17.7 Å². The quantitative estimate of drug-likeness (QED) is 0.168. The van der Waals surface area contributed by atoms with E-state index in [0.717, 1.165) is 43.2 Å². The van der Waals surface area contributed by atoms with Gasteiger partial charge in [-0.2, -0.15) is 13.2 Å². The van der Waals surface area contributed by atoms with Gasteiger partial charge in [-0.3, -0.25) is 4.79 Å². The van der Waals surface area contributed by atoms with Gasteiger partial charge in [-0.05, 0) is 37.3 Å². The number of hydrogen-bond acceptors (Lipinski definition) is 2. The van der Waals surface area contributed by atoms with Crippen LogP contribution >= 0.6 is 0 Å². The van der Waals surface area contributed by atoms with Gasteiger partial charge in [0.2, 0.25) is 0 Å². The second-order valence-electron chi connectivity index (χ2n) is 9.14. The number of carbonyl (C=O) groups is 1. The van der Waals surface area contributed by atoms with Gasteiger partial charge in [0.1, 0.15) is 5.56 Å². The lowest BCUT2D eigenvalue weighted by Gasteiger charge is -2.28. The molecule has 0 radical (unpaired) electrons. The Kier molecular flexibility index (Phi) is 11.0. The summed E-state index contributed by atoms with van der Waals surface area (Å²) in [4.78, 5) is 12.4. The van der Waals surface area contributed by atoms with Gasteiger partial charge in [-0.15, -0.1) is 0 Å². The van der Waals surface area contributed by atoms with Gasteiger partial charge in [0.25, 0.3) is 0 Å². The smallest absolute Gasteiger partial charge is 0.420 e. The molecule has 0 amide bonds. The summed E-state index contributed by atoms with van der Waals surface area (Å²) in [5, 5.41) is 0. The van der Waals surface area contributed by atoms with Crippen molar-refractivity contribution in [1.82, 2.24) is 0 Å². The summed E-state index contributed by atoms with van der Waals surface area (Å²) in [5.41, 5.74) is -2.11. The second-order valence-corrected chi connectivity index (χ2v) is 9.14. The van der Waals surface area contributed by atoms with Crippen molar-refractivity contribution < 1.29 is 27.1 Å². The summed E-state index contributed by atoms with van der Waals surface area (Å²) in [6.45, 7) is 3.86. The number of rotatable bonds is 13. The molecule has 0 bridgehead atoms. The van der Waals surface area contributed by atoms with E-state index in [4.69, 9.17) is 4.74 Å². The number of ether oxygens (including phenoxy) is 1. The van der Waals surface area contributed by atoms with Crippen molar-refractivity contribution in [2.24, 2.45) is 11.8 Å². The monoisotopic (exact) mass is 458 g/mol. The number of unbranched alkanes of at least 4 members (excludes halogenated alkanes) is 4. The van der Waals surface area contributed by atoms with E-state index in [0.29, 0.717) is 6.42 Å². The maximum absolute atomic E-state index is 14.3. The third-order valence-corrected chi connectivity index (χ3v) is 6.67. The van der Waals surface area contributed by atoms with Gasteiger partial charge < -0.3 is 4.74 Å². The van der Waals surface area contributed by atoms with E-state index in [-0.39, 0.29) is 13.0 Å². The van der Waals surface area contributed by atoms with E-state index in [1.165, 1.54) is 51.4 Å². The fourth-order valence-electron chi connectivity index (χ4n) is 4.93. The van der Waals surface area contributed by atoms with Crippen LogP contribution in [0.4, 0.5) is 17.6 Å². The van der Waals surface area contributed by atoms with Crippen molar-refractivity contribution >= 4 is 5.78 Å². The predicted molar refractivity (Wildman–Crippen MR) is 120 cm³/mol. The zero-order valence-corrected chi connectivity index (χ0v) is 19.5. The topological polar surface area (TPSA) is 26.3 Å². The summed E-state index contributed by atoms with van der Waals surface area (Å²) in [6, 6.07) is 2.14. The fourth-order valence-corrected chi connectivity index (χ4v) is 4.93. The number of alkyl halides is 3. The van der Waals surface area contributed by atoms with Crippen molar-refractivity contribution in [2.75, 3.05) is 6.61 Å². The average Bonchev–Trinajstić information content (AvgIpc) is 2.74. The van der Waals surface area contributed by atoms with Gasteiger partial charge in [-0.25, -0.2) is 4.39 Å². The van der Waals surface area contributed by atoms with E-state index >= 15 is 0 Å². The summed E-state index contributed by atoms with van der Waals surface area (Å²) in [7, 11) is 0. The van der Waals surface area contributed by atoms with Crippen LogP contribution in [0.5, 0.6) is 5.75 Å². The normalized spacial score (nSPS) is 19.2. The van der Waals surface area contributed by atoms with E-state index in [2.05, 4.69) is 6.92 Å². The van der Waals surface area contributed by atoms with Crippen LogP contribution in [0.2, 0.25) is 0 Å². The molecule has 32 heavy (non-hydrogen) atoms. The molecule has 0 saturated heterocycles. The molecule has 1 aliphatic rings. The molecule has 0 unspecified atom stereocenters. The Morgan fingerprint density at radius 3 is 2.12 bits per heavy atom. The molecule has 182 valence electrons. The van der Waals surface area contributed by atoms with Crippen LogP contribution < -0.4 is 4.74 Å². The molecule has 0 atom stereocenters. The maximum atomic E-state index is 14.3. The maximum Gasteiger partial charge on any atom is 0.420 e. The highest BCUT2D eigenvalue weighted by atomic mass is 19.4. The van der Waals surface area contributed by atoms with Gasteiger partial charge in [0.15, 0.2) is 17.3 Å². The molecule has 0 heterocycles. The minimum Gasteiger partial charge on any atom is -0.491 e.